The Morgan fingerprint density at radius 2 is 1.66 bits per heavy atom. The Balaban J connectivity index is 2.21. The lowest BCUT2D eigenvalue weighted by Crippen LogP contribution is -2.50. The minimum absolute atomic E-state index is 0.115. The highest BCUT2D eigenvalue weighted by atomic mass is 19.4. The number of nitrogens with zero attached hydrogens (tertiary/aromatic N) is 2. The third-order valence-electron chi connectivity index (χ3n) is 6.75. The van der Waals surface area contributed by atoms with Gasteiger partial charge in [-0.1, -0.05) is 51.1 Å². The Bertz CT molecular complexity index is 1440. The number of alkyl halides is 5. The van der Waals surface area contributed by atoms with Gasteiger partial charge in [0.25, 0.3) is 18.6 Å². The summed E-state index contributed by atoms with van der Waals surface area (Å²) < 4.78 is 99.7. The third kappa shape index (κ3) is 8.59. The number of amides is 1. The molecule has 0 spiro atoms. The standard InChI is InChI=1S/C30H32F7N3O4/c1-29(2,3)24(40(12-11-22(38)25(33)34)26(41)27(42)44-28(43)30(35,36)37)23-13-18(20-14-19(31)9-10-21(20)32)16-39(23)15-17-7-5-4-6-8-17/h4-10,13-14,16,22,24-25,27,42H,11-12,15,38H2,1-3H3/t22?,24-,27?/m0/s1. The molecule has 1 heterocycles. The first-order valence-corrected chi connectivity index (χ1v) is 13.4. The van der Waals surface area contributed by atoms with Gasteiger partial charge in [-0.25, -0.2) is 22.4 Å². The predicted octanol–water partition coefficient (Wildman–Crippen LogP) is 5.80. The van der Waals surface area contributed by atoms with Gasteiger partial charge in [-0.05, 0) is 41.7 Å². The van der Waals surface area contributed by atoms with Gasteiger partial charge < -0.3 is 25.0 Å². The molecule has 3 aromatic rings. The van der Waals surface area contributed by atoms with Crippen LogP contribution in [-0.4, -0.2) is 57.9 Å². The number of carbonyl (C=O) groups excluding carboxylic acids is 2. The van der Waals surface area contributed by atoms with E-state index in [9.17, 15) is 45.4 Å². The number of carbonyl (C=O) groups is 2. The van der Waals surface area contributed by atoms with Crippen LogP contribution in [0.4, 0.5) is 30.7 Å². The maximum Gasteiger partial charge on any atom is 0.491 e. The minimum Gasteiger partial charge on any atom is -0.419 e. The minimum atomic E-state index is -5.54. The number of aromatic nitrogens is 1. The maximum atomic E-state index is 14.9. The van der Waals surface area contributed by atoms with Gasteiger partial charge in [-0.3, -0.25) is 4.79 Å². The topological polar surface area (TPSA) is 97.8 Å². The average molecular weight is 632 g/mol. The zero-order chi connectivity index (χ0) is 33.0. The van der Waals surface area contributed by atoms with Crippen molar-refractivity contribution < 1.29 is 50.2 Å². The summed E-state index contributed by atoms with van der Waals surface area (Å²) in [4.78, 5) is 25.7. The van der Waals surface area contributed by atoms with Crippen LogP contribution < -0.4 is 5.73 Å². The first-order valence-electron chi connectivity index (χ1n) is 13.4. The van der Waals surface area contributed by atoms with E-state index in [1.165, 1.54) is 12.3 Å². The van der Waals surface area contributed by atoms with Crippen molar-refractivity contribution in [2.45, 2.75) is 64.7 Å². The predicted molar refractivity (Wildman–Crippen MR) is 146 cm³/mol. The van der Waals surface area contributed by atoms with E-state index in [1.807, 2.05) is 0 Å². The van der Waals surface area contributed by atoms with Gasteiger partial charge in [0.1, 0.15) is 11.6 Å². The van der Waals surface area contributed by atoms with Crippen LogP contribution in [0.3, 0.4) is 0 Å². The molecule has 44 heavy (non-hydrogen) atoms. The summed E-state index contributed by atoms with van der Waals surface area (Å²) in [5, 5.41) is 10.3. The van der Waals surface area contributed by atoms with E-state index in [0.29, 0.717) is 0 Å². The van der Waals surface area contributed by atoms with Crippen molar-refractivity contribution in [3.05, 3.63) is 83.7 Å². The largest absolute Gasteiger partial charge is 0.491 e. The maximum absolute atomic E-state index is 14.9. The van der Waals surface area contributed by atoms with Gasteiger partial charge in [-0.2, -0.15) is 13.2 Å². The van der Waals surface area contributed by atoms with Crippen LogP contribution in [0, 0.1) is 17.0 Å². The number of aliphatic hydroxyl groups excluding tert-OH is 1. The molecule has 3 atom stereocenters. The van der Waals surface area contributed by atoms with Gasteiger partial charge >= 0.3 is 12.1 Å². The van der Waals surface area contributed by atoms with Crippen molar-refractivity contribution >= 4 is 11.9 Å². The Morgan fingerprint density at radius 3 is 2.23 bits per heavy atom. The molecule has 3 N–H and O–H groups in total. The fourth-order valence-electron chi connectivity index (χ4n) is 4.75. The molecule has 0 aliphatic rings. The van der Waals surface area contributed by atoms with E-state index in [2.05, 4.69) is 4.74 Å². The molecule has 0 radical (unpaired) electrons. The number of esters is 1. The van der Waals surface area contributed by atoms with Crippen LogP contribution in [0.15, 0.2) is 60.8 Å². The van der Waals surface area contributed by atoms with Gasteiger partial charge in [0.05, 0.1) is 12.1 Å². The van der Waals surface area contributed by atoms with E-state index in [1.54, 1.807) is 55.7 Å². The molecule has 14 heteroatoms. The summed E-state index contributed by atoms with van der Waals surface area (Å²) in [6.45, 7) is 4.39. The molecular weight excluding hydrogens is 599 g/mol. The van der Waals surface area contributed by atoms with E-state index < -0.39 is 72.9 Å². The van der Waals surface area contributed by atoms with Crippen LogP contribution in [0.25, 0.3) is 11.1 Å². The van der Waals surface area contributed by atoms with E-state index in [4.69, 9.17) is 5.73 Å². The van der Waals surface area contributed by atoms with Gasteiger partial charge in [0, 0.05) is 36.1 Å². The number of ether oxygens (including phenoxy) is 1. The molecule has 1 aromatic heterocycles. The average Bonchev–Trinajstić information content (AvgIpc) is 3.33. The molecule has 240 valence electrons. The van der Waals surface area contributed by atoms with Crippen molar-refractivity contribution in [1.29, 1.82) is 0 Å². The smallest absolute Gasteiger partial charge is 0.419 e. The fourth-order valence-corrected chi connectivity index (χ4v) is 4.75. The summed E-state index contributed by atoms with van der Waals surface area (Å²) in [6.07, 6.45) is -10.6. The Hall–Kier alpha value is -3.91. The monoisotopic (exact) mass is 631 g/mol. The summed E-state index contributed by atoms with van der Waals surface area (Å²) in [5.74, 6) is -5.88. The molecule has 0 bridgehead atoms. The molecule has 0 fully saturated rings. The van der Waals surface area contributed by atoms with E-state index in [0.717, 1.165) is 28.7 Å². The van der Waals surface area contributed by atoms with Crippen LogP contribution in [-0.2, 0) is 20.9 Å². The molecule has 0 saturated carbocycles. The summed E-state index contributed by atoms with van der Waals surface area (Å²) in [7, 11) is 0. The van der Waals surface area contributed by atoms with Crippen molar-refractivity contribution in [2.75, 3.05) is 6.54 Å². The third-order valence-corrected chi connectivity index (χ3v) is 6.75. The normalized spacial score (nSPS) is 14.3. The second-order valence-electron chi connectivity index (χ2n) is 11.2. The first kappa shape index (κ1) is 34.6. The second kappa shape index (κ2) is 13.8. The number of nitrogens with two attached hydrogens (primary N) is 1. The number of halogens is 7. The number of aliphatic hydroxyl groups is 1. The zero-order valence-corrected chi connectivity index (χ0v) is 24.0. The Morgan fingerprint density at radius 1 is 1.02 bits per heavy atom. The number of hydrogen-bond donors (Lipinski definition) is 2. The molecule has 0 saturated heterocycles. The highest BCUT2D eigenvalue weighted by Gasteiger charge is 2.45. The molecule has 0 aliphatic carbocycles. The van der Waals surface area contributed by atoms with Crippen LogP contribution >= 0.6 is 0 Å². The van der Waals surface area contributed by atoms with Gasteiger partial charge in [0.15, 0.2) is 0 Å². The lowest BCUT2D eigenvalue weighted by molar-refractivity contribution is -0.222. The Kier molecular flexibility index (Phi) is 10.9. The van der Waals surface area contributed by atoms with Crippen molar-refractivity contribution in [3.8, 4) is 11.1 Å². The molecule has 0 aliphatic heterocycles. The van der Waals surface area contributed by atoms with E-state index in [-0.39, 0.29) is 23.4 Å². The molecule has 7 nitrogen and oxygen atoms in total. The lowest BCUT2D eigenvalue weighted by Gasteiger charge is -2.41. The number of benzene rings is 2. The molecular formula is C30H32F7N3O4. The van der Waals surface area contributed by atoms with Gasteiger partial charge in [-0.15, -0.1) is 0 Å². The van der Waals surface area contributed by atoms with Gasteiger partial charge in [0.2, 0.25) is 0 Å². The van der Waals surface area contributed by atoms with Crippen LogP contribution in [0.1, 0.15) is 44.5 Å². The van der Waals surface area contributed by atoms with Crippen LogP contribution in [0.2, 0.25) is 0 Å². The Labute approximate surface area is 249 Å². The second-order valence-corrected chi connectivity index (χ2v) is 11.2. The lowest BCUT2D eigenvalue weighted by atomic mass is 9.82. The van der Waals surface area contributed by atoms with Crippen LogP contribution in [0.5, 0.6) is 0 Å². The quantitative estimate of drug-likeness (QED) is 0.158. The number of hydrogen-bond acceptors (Lipinski definition) is 5. The van der Waals surface area contributed by atoms with E-state index >= 15 is 0 Å². The number of rotatable bonds is 11. The summed E-state index contributed by atoms with van der Waals surface area (Å²) in [5.41, 5.74) is 5.46. The summed E-state index contributed by atoms with van der Waals surface area (Å²) >= 11 is 0. The molecule has 1 amide bonds. The van der Waals surface area contributed by atoms with Crippen molar-refractivity contribution in [2.24, 2.45) is 11.1 Å². The fraction of sp³-hybridized carbons (Fsp3) is 0.400. The van der Waals surface area contributed by atoms with Crippen molar-refractivity contribution in [3.63, 3.8) is 0 Å². The highest BCUT2D eigenvalue weighted by molar-refractivity contribution is 5.84. The highest BCUT2D eigenvalue weighted by Crippen LogP contribution is 2.41. The summed E-state index contributed by atoms with van der Waals surface area (Å²) in [6, 6.07) is 10.1. The SMILES string of the molecule is CC(C)(C)[C@H](c1cc(-c2cc(F)ccc2F)cn1Cc1ccccc1)N(CCC(N)C(F)F)C(=O)C(O)OC(=O)C(F)(F)F. The first-order chi connectivity index (χ1) is 20.4. The molecule has 2 unspecified atom stereocenters. The molecule has 2 aromatic carbocycles. The van der Waals surface area contributed by atoms with Crippen molar-refractivity contribution in [1.82, 2.24) is 9.47 Å². The molecule has 3 rings (SSSR count). The zero-order valence-electron chi connectivity index (χ0n) is 24.0.